The normalized spacial score (nSPS) is 17.6. The predicted molar refractivity (Wildman–Crippen MR) is 87.6 cm³/mol. The number of H-pyrrole nitrogens is 1. The highest BCUT2D eigenvalue weighted by Crippen LogP contribution is 2.28. The lowest BCUT2D eigenvalue weighted by molar-refractivity contribution is 0.450. The quantitative estimate of drug-likeness (QED) is 0.777. The number of hydrogen-bond donors (Lipinski definition) is 2. The number of nitrogens with zero attached hydrogens (tertiary/aromatic N) is 2. The first kappa shape index (κ1) is 13.5. The molecule has 0 aliphatic heterocycles. The van der Waals surface area contributed by atoms with E-state index in [0.29, 0.717) is 6.04 Å². The summed E-state index contributed by atoms with van der Waals surface area (Å²) in [6, 6.07) is 11.1. The molecular weight excluding hydrogens is 272 g/mol. The van der Waals surface area contributed by atoms with Crippen LogP contribution in [-0.4, -0.2) is 15.2 Å². The highest BCUT2D eigenvalue weighted by Gasteiger charge is 2.21. The third kappa shape index (κ3) is 2.50. The lowest BCUT2D eigenvalue weighted by atomic mass is 9.93. The lowest BCUT2D eigenvalue weighted by Crippen LogP contribution is -2.24. The van der Waals surface area contributed by atoms with Crippen molar-refractivity contribution >= 4 is 10.9 Å². The Balaban J connectivity index is 1.52. The van der Waals surface area contributed by atoms with E-state index in [1.807, 2.05) is 13.1 Å². The molecule has 1 aliphatic rings. The minimum absolute atomic E-state index is 0.387. The molecule has 0 amide bonds. The average Bonchev–Trinajstić information content (AvgIpc) is 3.02. The van der Waals surface area contributed by atoms with E-state index in [1.54, 1.807) is 0 Å². The van der Waals surface area contributed by atoms with Crippen LogP contribution in [0.5, 0.6) is 0 Å². The molecule has 0 fully saturated rings. The Hall–Kier alpha value is -2.20. The summed E-state index contributed by atoms with van der Waals surface area (Å²) in [6.45, 7) is 2.90. The van der Waals surface area contributed by atoms with Crippen molar-refractivity contribution in [3.05, 3.63) is 59.0 Å². The van der Waals surface area contributed by atoms with E-state index in [2.05, 4.69) is 50.8 Å². The minimum Gasteiger partial charge on any atom is -0.305 e. The number of nitrogens with one attached hydrogen (secondary N) is 2. The van der Waals surface area contributed by atoms with Crippen LogP contribution in [0.4, 0.5) is 0 Å². The van der Waals surface area contributed by atoms with Crippen LogP contribution < -0.4 is 5.32 Å². The zero-order valence-electron chi connectivity index (χ0n) is 12.8. The molecule has 0 bridgehead atoms. The van der Waals surface area contributed by atoms with Gasteiger partial charge in [0.25, 0.3) is 0 Å². The number of hydrogen-bond acceptors (Lipinski definition) is 3. The van der Waals surface area contributed by atoms with E-state index < -0.39 is 0 Å². The summed E-state index contributed by atoms with van der Waals surface area (Å²) in [5, 5.41) is 12.2. The van der Waals surface area contributed by atoms with Crippen LogP contribution in [0.15, 0.2) is 36.5 Å². The van der Waals surface area contributed by atoms with Gasteiger partial charge in [-0.3, -0.25) is 10.1 Å². The van der Waals surface area contributed by atoms with Crippen LogP contribution in [0.1, 0.15) is 41.4 Å². The maximum atomic E-state index is 4.56. The van der Waals surface area contributed by atoms with Crippen LogP contribution >= 0.6 is 0 Å². The Morgan fingerprint density at radius 2 is 2.23 bits per heavy atom. The molecule has 2 heterocycles. The standard InChI is InChI=1S/C18H20N4/c1-12-5-7-14-9-13(6-8-16(14)21-12)10-19-17-4-2-3-15-11-20-22-18(15)17/h5-9,11,17,19H,2-4,10H2,1H3,(H,20,22)/t17-/m0/s1. The Kier molecular flexibility index (Phi) is 3.39. The molecule has 1 aromatic carbocycles. The Morgan fingerprint density at radius 1 is 1.27 bits per heavy atom. The van der Waals surface area contributed by atoms with Crippen molar-refractivity contribution in [2.24, 2.45) is 0 Å². The molecule has 3 aromatic rings. The van der Waals surface area contributed by atoms with Crippen LogP contribution in [0.3, 0.4) is 0 Å². The Morgan fingerprint density at radius 3 is 3.18 bits per heavy atom. The lowest BCUT2D eigenvalue weighted by Gasteiger charge is -2.23. The molecule has 4 nitrogen and oxygen atoms in total. The molecule has 22 heavy (non-hydrogen) atoms. The van der Waals surface area contributed by atoms with Gasteiger partial charge in [-0.05, 0) is 55.5 Å². The van der Waals surface area contributed by atoms with Gasteiger partial charge in [0.05, 0.1) is 17.4 Å². The number of rotatable bonds is 3. The molecule has 4 heteroatoms. The summed E-state index contributed by atoms with van der Waals surface area (Å²) in [6.07, 6.45) is 5.51. The topological polar surface area (TPSA) is 53.6 Å². The number of pyridine rings is 1. The fourth-order valence-corrected chi connectivity index (χ4v) is 3.30. The molecule has 0 unspecified atom stereocenters. The molecule has 0 spiro atoms. The highest BCUT2D eigenvalue weighted by atomic mass is 15.1. The fourth-order valence-electron chi connectivity index (χ4n) is 3.30. The summed E-state index contributed by atoms with van der Waals surface area (Å²) in [5.74, 6) is 0. The second-order valence-corrected chi connectivity index (χ2v) is 6.11. The van der Waals surface area contributed by atoms with Crippen LogP contribution in [0.2, 0.25) is 0 Å². The second-order valence-electron chi connectivity index (χ2n) is 6.11. The fraction of sp³-hybridized carbons (Fsp3) is 0.333. The van der Waals surface area contributed by atoms with Gasteiger partial charge >= 0.3 is 0 Å². The molecule has 2 aromatic heterocycles. The summed E-state index contributed by atoms with van der Waals surface area (Å²) in [5.41, 5.74) is 6.06. The minimum atomic E-state index is 0.387. The van der Waals surface area contributed by atoms with E-state index >= 15 is 0 Å². The molecule has 1 aliphatic carbocycles. The van der Waals surface area contributed by atoms with Gasteiger partial charge in [-0.15, -0.1) is 0 Å². The van der Waals surface area contributed by atoms with E-state index in [-0.39, 0.29) is 0 Å². The summed E-state index contributed by atoms with van der Waals surface area (Å²) in [4.78, 5) is 4.56. The Labute approximate surface area is 130 Å². The molecule has 0 radical (unpaired) electrons. The highest BCUT2D eigenvalue weighted by molar-refractivity contribution is 5.79. The molecule has 1 atom stereocenters. The first-order valence-electron chi connectivity index (χ1n) is 7.91. The van der Waals surface area contributed by atoms with Crippen LogP contribution in [0, 0.1) is 6.92 Å². The van der Waals surface area contributed by atoms with E-state index in [1.165, 1.54) is 35.0 Å². The van der Waals surface area contributed by atoms with Crippen molar-refractivity contribution in [2.45, 2.75) is 38.8 Å². The van der Waals surface area contributed by atoms with Crippen molar-refractivity contribution < 1.29 is 0 Å². The predicted octanol–water partition coefficient (Wildman–Crippen LogP) is 3.43. The number of aryl methyl sites for hydroxylation is 2. The summed E-state index contributed by atoms with van der Waals surface area (Å²) >= 11 is 0. The maximum Gasteiger partial charge on any atom is 0.0705 e. The van der Waals surface area contributed by atoms with Gasteiger partial charge < -0.3 is 5.32 Å². The van der Waals surface area contributed by atoms with Crippen molar-refractivity contribution in [3.63, 3.8) is 0 Å². The number of aromatic nitrogens is 3. The monoisotopic (exact) mass is 292 g/mol. The number of fused-ring (bicyclic) bond motifs is 2. The van der Waals surface area contributed by atoms with E-state index in [0.717, 1.165) is 24.2 Å². The van der Waals surface area contributed by atoms with Gasteiger partial charge in [-0.2, -0.15) is 5.10 Å². The molecule has 4 rings (SSSR count). The summed E-state index contributed by atoms with van der Waals surface area (Å²) in [7, 11) is 0. The van der Waals surface area contributed by atoms with Crippen molar-refractivity contribution in [1.29, 1.82) is 0 Å². The largest absolute Gasteiger partial charge is 0.305 e. The first-order chi connectivity index (χ1) is 10.8. The van der Waals surface area contributed by atoms with Crippen molar-refractivity contribution in [2.75, 3.05) is 0 Å². The maximum absolute atomic E-state index is 4.56. The SMILES string of the molecule is Cc1ccc2cc(CN[C@H]3CCCc4cn[nH]c43)ccc2n1. The van der Waals surface area contributed by atoms with Gasteiger partial charge in [-0.25, -0.2) is 0 Å². The average molecular weight is 292 g/mol. The van der Waals surface area contributed by atoms with Gasteiger partial charge in [0, 0.05) is 23.7 Å². The van der Waals surface area contributed by atoms with Gasteiger partial charge in [0.2, 0.25) is 0 Å². The van der Waals surface area contributed by atoms with Crippen molar-refractivity contribution in [1.82, 2.24) is 20.5 Å². The second kappa shape index (κ2) is 5.54. The zero-order valence-corrected chi connectivity index (χ0v) is 12.8. The molecular formula is C18H20N4. The smallest absolute Gasteiger partial charge is 0.0705 e. The van der Waals surface area contributed by atoms with Crippen LogP contribution in [0.25, 0.3) is 10.9 Å². The van der Waals surface area contributed by atoms with E-state index in [9.17, 15) is 0 Å². The zero-order chi connectivity index (χ0) is 14.9. The van der Waals surface area contributed by atoms with Crippen LogP contribution in [-0.2, 0) is 13.0 Å². The number of benzene rings is 1. The van der Waals surface area contributed by atoms with Crippen molar-refractivity contribution in [3.8, 4) is 0 Å². The third-order valence-corrected chi connectivity index (χ3v) is 4.48. The summed E-state index contributed by atoms with van der Waals surface area (Å²) < 4.78 is 0. The molecule has 0 saturated carbocycles. The number of aromatic amines is 1. The third-order valence-electron chi connectivity index (χ3n) is 4.48. The van der Waals surface area contributed by atoms with Gasteiger partial charge in [0.15, 0.2) is 0 Å². The van der Waals surface area contributed by atoms with Gasteiger partial charge in [0.1, 0.15) is 0 Å². The van der Waals surface area contributed by atoms with Gasteiger partial charge in [-0.1, -0.05) is 12.1 Å². The molecule has 112 valence electrons. The first-order valence-corrected chi connectivity index (χ1v) is 7.91. The van der Waals surface area contributed by atoms with E-state index in [4.69, 9.17) is 0 Å². The Bertz CT molecular complexity index is 806. The molecule has 0 saturated heterocycles. The molecule has 2 N–H and O–H groups in total.